The molecule has 2 aliphatic heterocycles. The molecule has 2 rings (SSSR count). The van der Waals surface area contributed by atoms with Gasteiger partial charge in [-0.15, -0.1) is 0 Å². The van der Waals surface area contributed by atoms with Gasteiger partial charge in [-0.2, -0.15) is 5.26 Å². The Bertz CT molecular complexity index is 335. The van der Waals surface area contributed by atoms with E-state index in [1.54, 1.807) is 4.90 Å². The number of rotatable bonds is 1. The summed E-state index contributed by atoms with van der Waals surface area (Å²) in [5.41, 5.74) is -0.374. The Morgan fingerprint density at radius 1 is 1.65 bits per heavy atom. The highest BCUT2D eigenvalue weighted by Crippen LogP contribution is 2.33. The molecule has 17 heavy (non-hydrogen) atoms. The van der Waals surface area contributed by atoms with Crippen molar-refractivity contribution in [2.75, 3.05) is 19.7 Å². The molecular weight excluding hydrogens is 220 g/mol. The molecule has 0 aromatic heterocycles. The fourth-order valence-corrected chi connectivity index (χ4v) is 2.78. The lowest BCUT2D eigenvalue weighted by Crippen LogP contribution is -2.55. The number of hydrogen-bond donors (Lipinski definition) is 1. The maximum absolute atomic E-state index is 11.7. The molecule has 0 aliphatic carbocycles. The van der Waals surface area contributed by atoms with Crippen LogP contribution < -0.4 is 0 Å². The lowest BCUT2D eigenvalue weighted by molar-refractivity contribution is -0.160. The molecule has 5 nitrogen and oxygen atoms in total. The molecule has 2 saturated heterocycles. The SMILES string of the molecule is N#CCC(=O)N1CCC[C@]2(C[C@@H](O)CCO2)C1. The van der Waals surface area contributed by atoms with Crippen LogP contribution in [0.3, 0.4) is 0 Å². The first-order chi connectivity index (χ1) is 8.15. The largest absolute Gasteiger partial charge is 0.393 e. The van der Waals surface area contributed by atoms with Crippen LogP contribution in [-0.4, -0.2) is 47.3 Å². The van der Waals surface area contributed by atoms with Gasteiger partial charge in [0.25, 0.3) is 0 Å². The molecular formula is C12H18N2O3. The Morgan fingerprint density at radius 3 is 3.18 bits per heavy atom. The number of ether oxygens (including phenoxy) is 1. The molecule has 0 bridgehead atoms. The minimum Gasteiger partial charge on any atom is -0.393 e. The quantitative estimate of drug-likeness (QED) is 0.719. The van der Waals surface area contributed by atoms with Crippen molar-refractivity contribution in [2.24, 2.45) is 0 Å². The topological polar surface area (TPSA) is 73.6 Å². The first-order valence-electron chi connectivity index (χ1n) is 6.12. The lowest BCUT2D eigenvalue weighted by atomic mass is 9.84. The molecule has 2 heterocycles. The smallest absolute Gasteiger partial charge is 0.236 e. The van der Waals surface area contributed by atoms with Crippen molar-refractivity contribution < 1.29 is 14.6 Å². The van der Waals surface area contributed by atoms with Crippen molar-refractivity contribution in [3.63, 3.8) is 0 Å². The summed E-state index contributed by atoms with van der Waals surface area (Å²) in [7, 11) is 0. The zero-order valence-electron chi connectivity index (χ0n) is 9.89. The van der Waals surface area contributed by atoms with Crippen LogP contribution in [0.5, 0.6) is 0 Å². The zero-order valence-corrected chi connectivity index (χ0v) is 9.89. The van der Waals surface area contributed by atoms with E-state index in [1.165, 1.54) is 0 Å². The predicted octanol–water partition coefficient (Wildman–Crippen LogP) is 0.433. The number of carbonyl (C=O) groups excluding carboxylic acids is 1. The molecule has 0 unspecified atom stereocenters. The number of carbonyl (C=O) groups is 1. The fourth-order valence-electron chi connectivity index (χ4n) is 2.78. The number of hydrogen-bond acceptors (Lipinski definition) is 4. The van der Waals surface area contributed by atoms with Gasteiger partial charge in [-0.3, -0.25) is 4.79 Å². The molecule has 94 valence electrons. The number of piperidine rings is 1. The average molecular weight is 238 g/mol. The van der Waals surface area contributed by atoms with E-state index in [2.05, 4.69) is 0 Å². The van der Waals surface area contributed by atoms with Crippen molar-refractivity contribution in [3.8, 4) is 6.07 Å². The number of amides is 1. The number of aliphatic hydroxyl groups is 1. The van der Waals surface area contributed by atoms with Gasteiger partial charge in [-0.1, -0.05) is 0 Å². The highest BCUT2D eigenvalue weighted by Gasteiger charge is 2.41. The van der Waals surface area contributed by atoms with Gasteiger partial charge in [0.15, 0.2) is 0 Å². The molecule has 0 saturated carbocycles. The minimum absolute atomic E-state index is 0.0708. The van der Waals surface area contributed by atoms with Crippen LogP contribution in [0, 0.1) is 11.3 Å². The second-order valence-corrected chi connectivity index (χ2v) is 4.93. The molecule has 1 amide bonds. The highest BCUT2D eigenvalue weighted by molar-refractivity contribution is 5.78. The lowest BCUT2D eigenvalue weighted by Gasteiger charge is -2.46. The van der Waals surface area contributed by atoms with E-state index < -0.39 is 0 Å². The molecule has 2 aliphatic rings. The molecule has 0 radical (unpaired) electrons. The first-order valence-corrected chi connectivity index (χ1v) is 6.12. The van der Waals surface area contributed by atoms with Crippen LogP contribution in [0.2, 0.25) is 0 Å². The normalized spacial score (nSPS) is 33.4. The third kappa shape index (κ3) is 2.76. The van der Waals surface area contributed by atoms with Crippen molar-refractivity contribution in [1.29, 1.82) is 5.26 Å². The Morgan fingerprint density at radius 2 is 2.47 bits per heavy atom. The molecule has 2 atom stereocenters. The van der Waals surface area contributed by atoms with Gasteiger partial charge in [0, 0.05) is 26.1 Å². The summed E-state index contributed by atoms with van der Waals surface area (Å²) in [6, 6.07) is 1.88. The Balaban J connectivity index is 2.01. The maximum Gasteiger partial charge on any atom is 0.236 e. The fraction of sp³-hybridized carbons (Fsp3) is 0.833. The van der Waals surface area contributed by atoms with E-state index in [4.69, 9.17) is 10.00 Å². The Kier molecular flexibility index (Phi) is 3.65. The predicted molar refractivity (Wildman–Crippen MR) is 60.0 cm³/mol. The zero-order chi connectivity index (χ0) is 12.3. The third-order valence-electron chi connectivity index (χ3n) is 3.59. The van der Waals surface area contributed by atoms with Crippen molar-refractivity contribution >= 4 is 5.91 Å². The monoisotopic (exact) mass is 238 g/mol. The van der Waals surface area contributed by atoms with Crippen LogP contribution in [0.15, 0.2) is 0 Å². The van der Waals surface area contributed by atoms with Gasteiger partial charge in [0.05, 0.1) is 17.8 Å². The van der Waals surface area contributed by atoms with Gasteiger partial charge in [0.1, 0.15) is 6.42 Å². The van der Waals surface area contributed by atoms with Crippen LogP contribution in [0.1, 0.15) is 32.1 Å². The maximum atomic E-state index is 11.7. The number of aliphatic hydroxyl groups excluding tert-OH is 1. The van der Waals surface area contributed by atoms with Gasteiger partial charge in [0.2, 0.25) is 5.91 Å². The summed E-state index contributed by atoms with van der Waals surface area (Å²) in [5.74, 6) is -0.129. The summed E-state index contributed by atoms with van der Waals surface area (Å²) < 4.78 is 5.80. The van der Waals surface area contributed by atoms with Crippen LogP contribution >= 0.6 is 0 Å². The van der Waals surface area contributed by atoms with E-state index in [-0.39, 0.29) is 24.0 Å². The standard InChI is InChI=1S/C12H18N2O3/c13-5-2-11(16)14-6-1-4-12(9-14)8-10(15)3-7-17-12/h10,15H,1-4,6-9H2/t10-,12-/m0/s1. The number of nitrogens with zero attached hydrogens (tertiary/aromatic N) is 2. The summed E-state index contributed by atoms with van der Waals surface area (Å²) in [6.07, 6.45) is 2.65. The van der Waals surface area contributed by atoms with E-state index in [9.17, 15) is 9.90 Å². The first kappa shape index (κ1) is 12.3. The van der Waals surface area contributed by atoms with Crippen molar-refractivity contribution in [3.05, 3.63) is 0 Å². The molecule has 2 fully saturated rings. The average Bonchev–Trinajstić information content (AvgIpc) is 2.29. The molecule has 5 heteroatoms. The summed E-state index contributed by atoms with van der Waals surface area (Å²) in [4.78, 5) is 13.4. The van der Waals surface area contributed by atoms with Crippen molar-refractivity contribution in [1.82, 2.24) is 4.90 Å². The Labute approximate surface area is 101 Å². The minimum atomic E-state index is -0.374. The van der Waals surface area contributed by atoms with Crippen LogP contribution in [-0.2, 0) is 9.53 Å². The number of nitriles is 1. The van der Waals surface area contributed by atoms with Crippen LogP contribution in [0.25, 0.3) is 0 Å². The van der Waals surface area contributed by atoms with E-state index >= 15 is 0 Å². The molecule has 0 aromatic carbocycles. The van der Waals surface area contributed by atoms with Crippen LogP contribution in [0.4, 0.5) is 0 Å². The van der Waals surface area contributed by atoms with E-state index in [0.717, 1.165) is 12.8 Å². The van der Waals surface area contributed by atoms with Crippen molar-refractivity contribution in [2.45, 2.75) is 43.8 Å². The van der Waals surface area contributed by atoms with E-state index in [0.29, 0.717) is 32.5 Å². The summed E-state index contributed by atoms with van der Waals surface area (Å²) >= 11 is 0. The summed E-state index contributed by atoms with van der Waals surface area (Å²) in [5, 5.41) is 18.3. The van der Waals surface area contributed by atoms with E-state index in [1.807, 2.05) is 6.07 Å². The Hall–Kier alpha value is -1.12. The molecule has 0 aromatic rings. The van der Waals surface area contributed by atoms with Gasteiger partial charge < -0.3 is 14.7 Å². The van der Waals surface area contributed by atoms with Gasteiger partial charge >= 0.3 is 0 Å². The molecule has 1 N–H and O–H groups in total. The van der Waals surface area contributed by atoms with Gasteiger partial charge in [-0.25, -0.2) is 0 Å². The number of likely N-dealkylation sites (tertiary alicyclic amines) is 1. The summed E-state index contributed by atoms with van der Waals surface area (Å²) in [6.45, 7) is 1.77. The second kappa shape index (κ2) is 5.03. The molecule has 1 spiro atoms. The third-order valence-corrected chi connectivity index (χ3v) is 3.59. The highest BCUT2D eigenvalue weighted by atomic mass is 16.5. The second-order valence-electron chi connectivity index (χ2n) is 4.93. The van der Waals surface area contributed by atoms with Gasteiger partial charge in [-0.05, 0) is 19.3 Å².